The topological polar surface area (TPSA) is 72.5 Å². The summed E-state index contributed by atoms with van der Waals surface area (Å²) in [5.41, 5.74) is 5.42. The van der Waals surface area contributed by atoms with E-state index < -0.39 is 12.1 Å². The van der Waals surface area contributed by atoms with Crippen LogP contribution in [0.5, 0.6) is 5.75 Å². The molecule has 2 rings (SSSR count). The van der Waals surface area contributed by atoms with Gasteiger partial charge in [0.15, 0.2) is 6.10 Å². The van der Waals surface area contributed by atoms with E-state index in [2.05, 4.69) is 0 Å². The second kappa shape index (κ2) is 6.91. The molecule has 0 radical (unpaired) electrons. The molecule has 2 aromatic rings. The Morgan fingerprint density at radius 3 is 2.60 bits per heavy atom. The number of benzene rings is 2. The molecule has 0 heterocycles. The molecule has 2 aromatic carbocycles. The number of ether oxygens (including phenoxy) is 1. The molecule has 0 aliphatic heterocycles. The van der Waals surface area contributed by atoms with Crippen molar-refractivity contribution >= 4 is 16.7 Å². The summed E-state index contributed by atoms with van der Waals surface area (Å²) in [5, 5.41) is 11.3. The molecule has 4 nitrogen and oxygen atoms in total. The summed E-state index contributed by atoms with van der Waals surface area (Å²) in [7, 11) is 0. The Morgan fingerprint density at radius 1 is 1.15 bits per heavy atom. The van der Waals surface area contributed by atoms with Crippen molar-refractivity contribution < 1.29 is 14.6 Å². The maximum absolute atomic E-state index is 11.2. The lowest BCUT2D eigenvalue weighted by atomic mass is 10.1. The summed E-state index contributed by atoms with van der Waals surface area (Å²) in [6, 6.07) is 13.5. The van der Waals surface area contributed by atoms with Crippen LogP contribution in [0.4, 0.5) is 0 Å². The molecule has 106 valence electrons. The molecule has 1 unspecified atom stereocenters. The van der Waals surface area contributed by atoms with Crippen molar-refractivity contribution in [2.75, 3.05) is 6.54 Å². The molecule has 0 amide bonds. The zero-order valence-corrected chi connectivity index (χ0v) is 11.3. The zero-order chi connectivity index (χ0) is 14.4. The Kier molecular flexibility index (Phi) is 4.96. The van der Waals surface area contributed by atoms with E-state index >= 15 is 0 Å². The van der Waals surface area contributed by atoms with Crippen molar-refractivity contribution in [2.24, 2.45) is 5.73 Å². The van der Waals surface area contributed by atoms with Gasteiger partial charge in [-0.3, -0.25) is 0 Å². The van der Waals surface area contributed by atoms with E-state index in [0.717, 1.165) is 23.6 Å². The Hall–Kier alpha value is -2.07. The standard InChI is InChI=1S/C16H19NO3/c17-10-4-3-7-15(16(18)19)20-14-9-8-12-5-1-2-6-13(12)11-14/h1-2,5-6,8-9,11,15H,3-4,7,10,17H2,(H,18,19). The first kappa shape index (κ1) is 14.3. The minimum atomic E-state index is -0.935. The summed E-state index contributed by atoms with van der Waals surface area (Å²) in [5.74, 6) is -0.348. The summed E-state index contributed by atoms with van der Waals surface area (Å²) in [6.07, 6.45) is 1.22. The molecule has 4 heteroatoms. The number of carboxylic acid groups (broad SMARTS) is 1. The van der Waals surface area contributed by atoms with Crippen LogP contribution in [0, 0.1) is 0 Å². The Bertz CT molecular complexity index is 583. The zero-order valence-electron chi connectivity index (χ0n) is 11.3. The van der Waals surface area contributed by atoms with Gasteiger partial charge in [0.05, 0.1) is 0 Å². The van der Waals surface area contributed by atoms with Crippen LogP contribution >= 0.6 is 0 Å². The van der Waals surface area contributed by atoms with Gasteiger partial charge in [-0.05, 0) is 48.7 Å². The third-order valence-electron chi connectivity index (χ3n) is 3.20. The van der Waals surface area contributed by atoms with Gasteiger partial charge >= 0.3 is 5.97 Å². The highest BCUT2D eigenvalue weighted by atomic mass is 16.5. The fraction of sp³-hybridized carbons (Fsp3) is 0.312. The van der Waals surface area contributed by atoms with Crippen LogP contribution in [0.2, 0.25) is 0 Å². The van der Waals surface area contributed by atoms with Crippen LogP contribution in [0.15, 0.2) is 42.5 Å². The number of hydrogen-bond acceptors (Lipinski definition) is 3. The highest BCUT2D eigenvalue weighted by Crippen LogP contribution is 2.22. The van der Waals surface area contributed by atoms with Crippen molar-refractivity contribution in [1.82, 2.24) is 0 Å². The second-order valence-corrected chi connectivity index (χ2v) is 4.74. The van der Waals surface area contributed by atoms with Crippen molar-refractivity contribution in [1.29, 1.82) is 0 Å². The molecule has 0 saturated heterocycles. The third kappa shape index (κ3) is 3.71. The van der Waals surface area contributed by atoms with Gasteiger partial charge in [-0.15, -0.1) is 0 Å². The molecule has 0 spiro atoms. The van der Waals surface area contributed by atoms with E-state index in [-0.39, 0.29) is 0 Å². The van der Waals surface area contributed by atoms with Gasteiger partial charge in [-0.2, -0.15) is 0 Å². The van der Waals surface area contributed by atoms with Gasteiger partial charge in [-0.25, -0.2) is 4.79 Å². The lowest BCUT2D eigenvalue weighted by Crippen LogP contribution is -2.27. The third-order valence-corrected chi connectivity index (χ3v) is 3.20. The van der Waals surface area contributed by atoms with E-state index in [0.29, 0.717) is 18.7 Å². The molecular formula is C16H19NO3. The van der Waals surface area contributed by atoms with Crippen molar-refractivity contribution in [3.05, 3.63) is 42.5 Å². The maximum atomic E-state index is 11.2. The van der Waals surface area contributed by atoms with Gasteiger partial charge in [0, 0.05) is 0 Å². The predicted molar refractivity (Wildman–Crippen MR) is 78.9 cm³/mol. The molecule has 0 aromatic heterocycles. The van der Waals surface area contributed by atoms with Crippen molar-refractivity contribution in [3.8, 4) is 5.75 Å². The molecule has 0 saturated carbocycles. The summed E-state index contributed by atoms with van der Waals surface area (Å²) in [6.45, 7) is 0.572. The molecule has 0 fully saturated rings. The quantitative estimate of drug-likeness (QED) is 0.761. The first-order chi connectivity index (χ1) is 9.70. The normalized spacial score (nSPS) is 12.2. The Balaban J connectivity index is 2.09. The molecule has 0 aliphatic carbocycles. The van der Waals surface area contributed by atoms with Gasteiger partial charge in [0.2, 0.25) is 0 Å². The highest BCUT2D eigenvalue weighted by molar-refractivity contribution is 5.83. The number of hydrogen-bond donors (Lipinski definition) is 2. The lowest BCUT2D eigenvalue weighted by molar-refractivity contribution is -0.145. The monoisotopic (exact) mass is 273 g/mol. The first-order valence-corrected chi connectivity index (χ1v) is 6.79. The number of rotatable bonds is 7. The van der Waals surface area contributed by atoms with Crippen LogP contribution in [0.1, 0.15) is 19.3 Å². The van der Waals surface area contributed by atoms with E-state index in [1.807, 2.05) is 36.4 Å². The number of carbonyl (C=O) groups is 1. The van der Waals surface area contributed by atoms with Crippen LogP contribution in [0.25, 0.3) is 10.8 Å². The van der Waals surface area contributed by atoms with E-state index in [1.165, 1.54) is 0 Å². The minimum Gasteiger partial charge on any atom is -0.479 e. The van der Waals surface area contributed by atoms with Gasteiger partial charge in [0.1, 0.15) is 5.75 Å². The van der Waals surface area contributed by atoms with Crippen LogP contribution < -0.4 is 10.5 Å². The molecular weight excluding hydrogens is 254 g/mol. The van der Waals surface area contributed by atoms with Gasteiger partial charge in [-0.1, -0.05) is 30.3 Å². The summed E-state index contributed by atoms with van der Waals surface area (Å²) in [4.78, 5) is 11.2. The predicted octanol–water partition coefficient (Wildman–Crippen LogP) is 2.80. The molecule has 0 aliphatic rings. The average molecular weight is 273 g/mol. The van der Waals surface area contributed by atoms with Gasteiger partial charge in [0.25, 0.3) is 0 Å². The lowest BCUT2D eigenvalue weighted by Gasteiger charge is -2.15. The summed E-state index contributed by atoms with van der Waals surface area (Å²) >= 11 is 0. The van der Waals surface area contributed by atoms with Crippen LogP contribution in [-0.2, 0) is 4.79 Å². The minimum absolute atomic E-state index is 0.472. The van der Waals surface area contributed by atoms with Gasteiger partial charge < -0.3 is 15.6 Å². The van der Waals surface area contributed by atoms with E-state index in [9.17, 15) is 9.90 Å². The number of fused-ring (bicyclic) bond motifs is 1. The number of unbranched alkanes of at least 4 members (excludes halogenated alkanes) is 1. The number of aliphatic carboxylic acids is 1. The first-order valence-electron chi connectivity index (χ1n) is 6.79. The van der Waals surface area contributed by atoms with Crippen LogP contribution in [0.3, 0.4) is 0 Å². The molecule has 1 atom stereocenters. The van der Waals surface area contributed by atoms with Crippen molar-refractivity contribution in [2.45, 2.75) is 25.4 Å². The Morgan fingerprint density at radius 2 is 1.90 bits per heavy atom. The summed E-state index contributed by atoms with van der Waals surface area (Å²) < 4.78 is 5.59. The van der Waals surface area contributed by atoms with E-state index in [4.69, 9.17) is 10.5 Å². The fourth-order valence-corrected chi connectivity index (χ4v) is 2.11. The average Bonchev–Trinajstić information content (AvgIpc) is 2.46. The largest absolute Gasteiger partial charge is 0.479 e. The highest BCUT2D eigenvalue weighted by Gasteiger charge is 2.18. The molecule has 3 N–H and O–H groups in total. The smallest absolute Gasteiger partial charge is 0.344 e. The SMILES string of the molecule is NCCCCC(Oc1ccc2ccccc2c1)C(=O)O. The second-order valence-electron chi connectivity index (χ2n) is 4.74. The van der Waals surface area contributed by atoms with E-state index in [1.54, 1.807) is 6.07 Å². The number of carboxylic acids is 1. The molecule has 0 bridgehead atoms. The van der Waals surface area contributed by atoms with Crippen LogP contribution in [-0.4, -0.2) is 23.7 Å². The molecule has 20 heavy (non-hydrogen) atoms. The Labute approximate surface area is 118 Å². The maximum Gasteiger partial charge on any atom is 0.344 e. The number of nitrogens with two attached hydrogens (primary N) is 1. The van der Waals surface area contributed by atoms with Crippen molar-refractivity contribution in [3.63, 3.8) is 0 Å². The fourth-order valence-electron chi connectivity index (χ4n) is 2.11.